The van der Waals surface area contributed by atoms with Crippen LogP contribution in [0, 0.1) is 5.41 Å². The Morgan fingerprint density at radius 1 is 1.09 bits per heavy atom. The predicted octanol–water partition coefficient (Wildman–Crippen LogP) is 3.17. The summed E-state index contributed by atoms with van der Waals surface area (Å²) in [6.07, 6.45) is 4.14. The van der Waals surface area contributed by atoms with E-state index in [4.69, 9.17) is 0 Å². The Bertz CT molecular complexity index is 169. The Balaban J connectivity index is 2.03. The maximum absolute atomic E-state index is 12.2. The highest BCUT2D eigenvalue weighted by atomic mass is 19.4. The highest BCUT2D eigenvalue weighted by Crippen LogP contribution is 2.71. The Morgan fingerprint density at radius 3 is 2.00 bits per heavy atom. The highest BCUT2D eigenvalue weighted by Gasteiger charge is 2.61. The molecule has 2 rings (SSSR count). The van der Waals surface area contributed by atoms with Crippen molar-refractivity contribution in [3.8, 4) is 0 Å². The molecule has 2 fully saturated rings. The first-order chi connectivity index (χ1) is 5.05. The molecule has 2 aliphatic carbocycles. The second kappa shape index (κ2) is 1.96. The summed E-state index contributed by atoms with van der Waals surface area (Å²) in [5.41, 5.74) is -0.252. The van der Waals surface area contributed by atoms with Gasteiger partial charge in [-0.3, -0.25) is 0 Å². The Hall–Kier alpha value is -0.145. The molecule has 0 aliphatic heterocycles. The van der Waals surface area contributed by atoms with Gasteiger partial charge in [0.05, 0.1) is 0 Å². The average Bonchev–Trinajstić information content (AvgIpc) is 2.31. The van der Waals surface area contributed by atoms with E-state index in [9.17, 15) is 12.9 Å². The lowest BCUT2D eigenvalue weighted by molar-refractivity contribution is 0.429. The van der Waals surface area contributed by atoms with Crippen LogP contribution < -0.4 is 0 Å². The van der Waals surface area contributed by atoms with Crippen LogP contribution in [0.1, 0.15) is 32.1 Å². The Labute approximate surface area is 64.2 Å². The molecule has 1 spiro atoms. The minimum atomic E-state index is -4.52. The summed E-state index contributed by atoms with van der Waals surface area (Å²) in [6.45, 7) is -4.52. The molecular weight excluding hydrogens is 152 g/mol. The zero-order valence-corrected chi connectivity index (χ0v) is 6.32. The molecule has 0 amide bonds. The lowest BCUT2D eigenvalue weighted by Crippen LogP contribution is -2.18. The van der Waals surface area contributed by atoms with Gasteiger partial charge in [0.1, 0.15) is 0 Å². The summed E-state index contributed by atoms with van der Waals surface area (Å²) in [5, 5.41) is 0. The third kappa shape index (κ3) is 1.07. The van der Waals surface area contributed by atoms with Gasteiger partial charge in [0, 0.05) is 0 Å². The molecule has 4 heteroatoms. The third-order valence-electron chi connectivity index (χ3n) is 3.31. The zero-order valence-electron chi connectivity index (χ0n) is 6.32. The minimum Gasteiger partial charge on any atom is -0.449 e. The van der Waals surface area contributed by atoms with E-state index >= 15 is 0 Å². The van der Waals surface area contributed by atoms with Crippen LogP contribution in [0.3, 0.4) is 0 Å². The van der Waals surface area contributed by atoms with E-state index in [1.165, 1.54) is 0 Å². The molecule has 0 heterocycles. The first kappa shape index (κ1) is 7.50. The van der Waals surface area contributed by atoms with Crippen molar-refractivity contribution in [2.45, 2.75) is 37.9 Å². The summed E-state index contributed by atoms with van der Waals surface area (Å²) in [7, 11) is 0. The summed E-state index contributed by atoms with van der Waals surface area (Å²) < 4.78 is 36.6. The van der Waals surface area contributed by atoms with Gasteiger partial charge >= 0.3 is 6.98 Å². The second-order valence-electron chi connectivity index (χ2n) is 4.01. The van der Waals surface area contributed by atoms with Crippen LogP contribution >= 0.6 is 0 Å². The van der Waals surface area contributed by atoms with Crippen molar-refractivity contribution in [1.82, 2.24) is 0 Å². The second-order valence-corrected chi connectivity index (χ2v) is 4.01. The lowest BCUT2D eigenvalue weighted by Gasteiger charge is -2.17. The molecule has 0 bridgehead atoms. The van der Waals surface area contributed by atoms with Crippen LogP contribution in [-0.4, -0.2) is 6.98 Å². The van der Waals surface area contributed by atoms with Gasteiger partial charge in [-0.05, 0) is 0 Å². The van der Waals surface area contributed by atoms with Crippen molar-refractivity contribution in [3.63, 3.8) is 0 Å². The normalized spacial score (nSPS) is 34.6. The predicted molar refractivity (Wildman–Crippen MR) is 38.3 cm³/mol. The molecular formula is C7H11BF3-. The van der Waals surface area contributed by atoms with Gasteiger partial charge in [0.25, 0.3) is 0 Å². The van der Waals surface area contributed by atoms with E-state index in [1.807, 2.05) is 0 Å². The molecule has 1 atom stereocenters. The van der Waals surface area contributed by atoms with Crippen LogP contribution in [0.15, 0.2) is 0 Å². The van der Waals surface area contributed by atoms with Crippen molar-refractivity contribution in [3.05, 3.63) is 0 Å². The molecule has 0 saturated heterocycles. The average molecular weight is 163 g/mol. The summed E-state index contributed by atoms with van der Waals surface area (Å²) in [5.74, 6) is -0.884. The van der Waals surface area contributed by atoms with Gasteiger partial charge in [-0.25, -0.2) is 0 Å². The largest absolute Gasteiger partial charge is 0.481 e. The number of halogens is 3. The molecule has 2 aliphatic rings. The molecule has 1 unspecified atom stereocenters. The summed E-state index contributed by atoms with van der Waals surface area (Å²) in [4.78, 5) is 0. The van der Waals surface area contributed by atoms with E-state index in [0.29, 0.717) is 6.42 Å². The van der Waals surface area contributed by atoms with Crippen molar-refractivity contribution in [2.75, 3.05) is 0 Å². The van der Waals surface area contributed by atoms with E-state index < -0.39 is 12.8 Å². The standard InChI is InChI=1S/C7H11BF3/c9-8(10,11)6-5-7(6)3-1-2-4-7/h6H,1-5H2/q-1. The van der Waals surface area contributed by atoms with Crippen LogP contribution in [-0.2, 0) is 0 Å². The number of rotatable bonds is 1. The number of hydrogen-bond donors (Lipinski definition) is 0. The SMILES string of the molecule is F[B-](F)(F)C1CC12CCCC2. The Morgan fingerprint density at radius 2 is 1.64 bits per heavy atom. The maximum atomic E-state index is 12.2. The molecule has 64 valence electrons. The fourth-order valence-electron chi connectivity index (χ4n) is 2.57. The molecule has 2 saturated carbocycles. The molecule has 0 aromatic rings. The van der Waals surface area contributed by atoms with Gasteiger partial charge in [-0.1, -0.05) is 43.3 Å². The Kier molecular flexibility index (Phi) is 1.34. The first-order valence-corrected chi connectivity index (χ1v) is 4.25. The molecule has 0 N–H and O–H groups in total. The van der Waals surface area contributed by atoms with Gasteiger partial charge in [-0.2, -0.15) is 0 Å². The van der Waals surface area contributed by atoms with Crippen LogP contribution in [0.4, 0.5) is 12.9 Å². The molecule has 0 nitrogen and oxygen atoms in total. The molecule has 0 aromatic carbocycles. The van der Waals surface area contributed by atoms with Crippen LogP contribution in [0.5, 0.6) is 0 Å². The van der Waals surface area contributed by atoms with Crippen molar-refractivity contribution >= 4 is 6.98 Å². The number of hydrogen-bond acceptors (Lipinski definition) is 0. The minimum absolute atomic E-state index is 0.252. The fraction of sp³-hybridized carbons (Fsp3) is 1.00. The summed E-state index contributed by atoms with van der Waals surface area (Å²) in [6, 6.07) is 0. The van der Waals surface area contributed by atoms with E-state index in [-0.39, 0.29) is 5.41 Å². The lowest BCUT2D eigenvalue weighted by atomic mass is 9.77. The van der Waals surface area contributed by atoms with Crippen LogP contribution in [0.2, 0.25) is 5.82 Å². The molecule has 11 heavy (non-hydrogen) atoms. The maximum Gasteiger partial charge on any atom is 0.481 e. The quantitative estimate of drug-likeness (QED) is 0.520. The monoisotopic (exact) mass is 163 g/mol. The summed E-state index contributed by atoms with van der Waals surface area (Å²) >= 11 is 0. The van der Waals surface area contributed by atoms with Gasteiger partial charge in [0.15, 0.2) is 0 Å². The van der Waals surface area contributed by atoms with Gasteiger partial charge in [-0.15, -0.1) is 0 Å². The molecule has 0 aromatic heterocycles. The first-order valence-electron chi connectivity index (χ1n) is 4.25. The highest BCUT2D eigenvalue weighted by molar-refractivity contribution is 6.61. The van der Waals surface area contributed by atoms with Crippen molar-refractivity contribution in [2.24, 2.45) is 5.41 Å². The topological polar surface area (TPSA) is 0 Å². The zero-order chi connectivity index (χ0) is 8.11. The fourth-order valence-corrected chi connectivity index (χ4v) is 2.57. The van der Waals surface area contributed by atoms with E-state index in [1.54, 1.807) is 0 Å². The van der Waals surface area contributed by atoms with Crippen LogP contribution in [0.25, 0.3) is 0 Å². The van der Waals surface area contributed by atoms with E-state index in [0.717, 1.165) is 25.7 Å². The third-order valence-corrected chi connectivity index (χ3v) is 3.31. The van der Waals surface area contributed by atoms with Crippen molar-refractivity contribution < 1.29 is 12.9 Å². The smallest absolute Gasteiger partial charge is 0.449 e. The molecule has 0 radical (unpaired) electrons. The van der Waals surface area contributed by atoms with E-state index in [2.05, 4.69) is 0 Å². The van der Waals surface area contributed by atoms with Gasteiger partial charge < -0.3 is 12.9 Å². The van der Waals surface area contributed by atoms with Crippen molar-refractivity contribution in [1.29, 1.82) is 0 Å². The van der Waals surface area contributed by atoms with Gasteiger partial charge in [0.2, 0.25) is 0 Å².